The molecular weight excluding hydrogens is 320 g/mol. The topological polar surface area (TPSA) is 60.0 Å². The number of carbonyl (C=O) groups is 1. The molecule has 6 nitrogen and oxygen atoms in total. The summed E-state index contributed by atoms with van der Waals surface area (Å²) in [6.07, 6.45) is 4.45. The smallest absolute Gasteiger partial charge is 0.234 e. The van der Waals surface area contributed by atoms with Gasteiger partial charge in [0, 0.05) is 24.8 Å². The van der Waals surface area contributed by atoms with Crippen LogP contribution in [0.25, 0.3) is 0 Å². The van der Waals surface area contributed by atoms with Crippen LogP contribution < -0.4 is 14.8 Å². The monoisotopic (exact) mass is 346 g/mol. The first-order valence-electron chi connectivity index (χ1n) is 9.32. The van der Waals surface area contributed by atoms with E-state index in [0.29, 0.717) is 26.3 Å². The molecule has 1 aromatic carbocycles. The molecule has 0 spiro atoms. The van der Waals surface area contributed by atoms with Crippen molar-refractivity contribution < 1.29 is 19.0 Å². The Morgan fingerprint density at radius 3 is 2.96 bits per heavy atom. The quantitative estimate of drug-likeness (QED) is 0.882. The van der Waals surface area contributed by atoms with E-state index in [1.807, 2.05) is 12.1 Å². The minimum atomic E-state index is 0.0735. The molecule has 0 aliphatic carbocycles. The van der Waals surface area contributed by atoms with Crippen molar-refractivity contribution in [1.29, 1.82) is 0 Å². The maximum Gasteiger partial charge on any atom is 0.234 e. The van der Waals surface area contributed by atoms with Gasteiger partial charge in [0.05, 0.1) is 12.6 Å². The molecule has 0 bridgehead atoms. The zero-order valence-corrected chi connectivity index (χ0v) is 14.5. The van der Waals surface area contributed by atoms with Crippen molar-refractivity contribution in [3.63, 3.8) is 0 Å². The van der Waals surface area contributed by atoms with Crippen LogP contribution >= 0.6 is 0 Å². The highest BCUT2D eigenvalue weighted by molar-refractivity contribution is 5.78. The molecule has 2 saturated heterocycles. The fraction of sp³-hybridized carbons (Fsp3) is 0.632. The van der Waals surface area contributed by atoms with Crippen molar-refractivity contribution in [1.82, 2.24) is 10.2 Å². The van der Waals surface area contributed by atoms with Crippen molar-refractivity contribution in [2.75, 3.05) is 39.5 Å². The van der Waals surface area contributed by atoms with Gasteiger partial charge >= 0.3 is 0 Å². The molecule has 1 aromatic rings. The van der Waals surface area contributed by atoms with Crippen molar-refractivity contribution in [2.45, 2.75) is 37.8 Å². The number of ether oxygens (including phenoxy) is 3. The van der Waals surface area contributed by atoms with Crippen LogP contribution in [0.1, 0.15) is 37.3 Å². The van der Waals surface area contributed by atoms with Crippen molar-refractivity contribution >= 4 is 5.91 Å². The average Bonchev–Trinajstić information content (AvgIpc) is 3.31. The fourth-order valence-electron chi connectivity index (χ4n) is 4.00. The Kier molecular flexibility index (Phi) is 5.08. The molecule has 1 N–H and O–H groups in total. The number of amides is 1. The summed E-state index contributed by atoms with van der Waals surface area (Å²) < 4.78 is 17.1. The van der Waals surface area contributed by atoms with Gasteiger partial charge in [0.2, 0.25) is 5.91 Å². The molecule has 2 fully saturated rings. The standard InChI is InChI=1S/C19H26N2O4/c22-18(20-12-14-4-3-9-23-14)13-21-8-2-6-16(21)15-5-1-7-17-19(15)25-11-10-24-17/h1,5,7,14,16H,2-4,6,8-13H2,(H,20,22). The van der Waals surface area contributed by atoms with Gasteiger partial charge in [-0.05, 0) is 38.3 Å². The van der Waals surface area contributed by atoms with Crippen LogP contribution in [-0.2, 0) is 9.53 Å². The maximum atomic E-state index is 12.4. The van der Waals surface area contributed by atoms with Crippen molar-refractivity contribution in [3.8, 4) is 11.5 Å². The van der Waals surface area contributed by atoms with E-state index in [4.69, 9.17) is 14.2 Å². The van der Waals surface area contributed by atoms with Crippen LogP contribution in [0.3, 0.4) is 0 Å². The van der Waals surface area contributed by atoms with Gasteiger partial charge in [0.25, 0.3) is 0 Å². The van der Waals surface area contributed by atoms with Gasteiger partial charge in [-0.15, -0.1) is 0 Å². The Balaban J connectivity index is 1.39. The second-order valence-corrected chi connectivity index (χ2v) is 6.94. The Hall–Kier alpha value is -1.79. The summed E-state index contributed by atoms with van der Waals surface area (Å²) in [4.78, 5) is 14.6. The summed E-state index contributed by atoms with van der Waals surface area (Å²) in [7, 11) is 0. The summed E-state index contributed by atoms with van der Waals surface area (Å²) in [6.45, 7) is 3.96. The SMILES string of the molecule is O=C(CN1CCCC1c1cccc2c1OCCO2)NCC1CCCO1. The average molecular weight is 346 g/mol. The number of para-hydroxylation sites is 1. The minimum absolute atomic E-state index is 0.0735. The Bertz CT molecular complexity index is 615. The lowest BCUT2D eigenvalue weighted by atomic mass is 10.0. The molecule has 136 valence electrons. The number of fused-ring (bicyclic) bond motifs is 1. The Labute approximate surface area is 148 Å². The molecule has 0 radical (unpaired) electrons. The van der Waals surface area contributed by atoms with Crippen molar-refractivity contribution in [3.05, 3.63) is 23.8 Å². The second-order valence-electron chi connectivity index (χ2n) is 6.94. The van der Waals surface area contributed by atoms with E-state index in [0.717, 1.165) is 55.9 Å². The molecule has 4 rings (SSSR count). The molecule has 2 unspecified atom stereocenters. The first kappa shape index (κ1) is 16.7. The maximum absolute atomic E-state index is 12.4. The van der Waals surface area contributed by atoms with Crippen LogP contribution in [0.15, 0.2) is 18.2 Å². The molecule has 2 atom stereocenters. The summed E-state index contributed by atoms with van der Waals surface area (Å²) in [6, 6.07) is 6.27. The van der Waals surface area contributed by atoms with E-state index in [2.05, 4.69) is 16.3 Å². The molecule has 0 aromatic heterocycles. The van der Waals surface area contributed by atoms with E-state index in [9.17, 15) is 4.79 Å². The van der Waals surface area contributed by atoms with Gasteiger partial charge in [0.1, 0.15) is 13.2 Å². The number of nitrogens with one attached hydrogen (secondary N) is 1. The zero-order chi connectivity index (χ0) is 17.1. The van der Waals surface area contributed by atoms with Gasteiger partial charge in [0.15, 0.2) is 11.5 Å². The zero-order valence-electron chi connectivity index (χ0n) is 14.5. The van der Waals surface area contributed by atoms with Gasteiger partial charge < -0.3 is 19.5 Å². The van der Waals surface area contributed by atoms with Gasteiger partial charge in [-0.1, -0.05) is 12.1 Å². The van der Waals surface area contributed by atoms with Gasteiger partial charge in [-0.25, -0.2) is 0 Å². The second kappa shape index (κ2) is 7.62. The van der Waals surface area contributed by atoms with Crippen LogP contribution in [0, 0.1) is 0 Å². The summed E-state index contributed by atoms with van der Waals surface area (Å²) in [5, 5.41) is 3.02. The molecule has 6 heteroatoms. The predicted octanol–water partition coefficient (Wildman–Crippen LogP) is 1.89. The molecule has 25 heavy (non-hydrogen) atoms. The first-order valence-corrected chi connectivity index (χ1v) is 9.32. The highest BCUT2D eigenvalue weighted by atomic mass is 16.6. The van der Waals surface area contributed by atoms with Crippen LogP contribution in [0.2, 0.25) is 0 Å². The lowest BCUT2D eigenvalue weighted by Crippen LogP contribution is -2.40. The highest BCUT2D eigenvalue weighted by Gasteiger charge is 2.31. The van der Waals surface area contributed by atoms with Gasteiger partial charge in [-0.3, -0.25) is 9.69 Å². The predicted molar refractivity (Wildman–Crippen MR) is 93.0 cm³/mol. The van der Waals surface area contributed by atoms with Crippen LogP contribution in [-0.4, -0.2) is 56.4 Å². The number of hydrogen-bond donors (Lipinski definition) is 1. The third-order valence-corrected chi connectivity index (χ3v) is 5.22. The highest BCUT2D eigenvalue weighted by Crippen LogP contribution is 2.42. The molecule has 0 saturated carbocycles. The number of rotatable bonds is 5. The summed E-state index contributed by atoms with van der Waals surface area (Å²) >= 11 is 0. The van der Waals surface area contributed by atoms with Crippen LogP contribution in [0.5, 0.6) is 11.5 Å². The number of hydrogen-bond acceptors (Lipinski definition) is 5. The first-order chi connectivity index (χ1) is 12.3. The largest absolute Gasteiger partial charge is 0.486 e. The number of likely N-dealkylation sites (tertiary alicyclic amines) is 1. The Morgan fingerprint density at radius 2 is 2.08 bits per heavy atom. The number of nitrogens with zero attached hydrogens (tertiary/aromatic N) is 1. The summed E-state index contributed by atoms with van der Waals surface area (Å²) in [5.74, 6) is 1.74. The lowest BCUT2D eigenvalue weighted by molar-refractivity contribution is -0.123. The molecule has 3 heterocycles. The van der Waals surface area contributed by atoms with Crippen molar-refractivity contribution in [2.24, 2.45) is 0 Å². The third kappa shape index (κ3) is 3.75. The van der Waals surface area contributed by atoms with E-state index in [1.165, 1.54) is 0 Å². The molecule has 1 amide bonds. The molecule has 3 aliphatic heterocycles. The van der Waals surface area contributed by atoms with E-state index < -0.39 is 0 Å². The van der Waals surface area contributed by atoms with E-state index in [1.54, 1.807) is 0 Å². The van der Waals surface area contributed by atoms with Gasteiger partial charge in [-0.2, -0.15) is 0 Å². The minimum Gasteiger partial charge on any atom is -0.486 e. The molecule has 3 aliphatic rings. The third-order valence-electron chi connectivity index (χ3n) is 5.22. The molecular formula is C19H26N2O4. The Morgan fingerprint density at radius 1 is 1.16 bits per heavy atom. The fourth-order valence-corrected chi connectivity index (χ4v) is 4.00. The van der Waals surface area contributed by atoms with E-state index >= 15 is 0 Å². The normalized spacial score (nSPS) is 25.9. The van der Waals surface area contributed by atoms with E-state index in [-0.39, 0.29) is 18.1 Å². The number of carbonyl (C=O) groups excluding carboxylic acids is 1. The van der Waals surface area contributed by atoms with Crippen LogP contribution in [0.4, 0.5) is 0 Å². The lowest BCUT2D eigenvalue weighted by Gasteiger charge is -2.28. The summed E-state index contributed by atoms with van der Waals surface area (Å²) in [5.41, 5.74) is 1.14. The number of benzene rings is 1.